The predicted octanol–water partition coefficient (Wildman–Crippen LogP) is 2.62. The lowest BCUT2D eigenvalue weighted by molar-refractivity contribution is 0.0664. The summed E-state index contributed by atoms with van der Waals surface area (Å²) in [5.74, 6) is -1.63. The van der Waals surface area contributed by atoms with Crippen LogP contribution >= 0.6 is 11.3 Å². The number of amides is 3. The topological polar surface area (TPSA) is 101 Å². The molecule has 0 radical (unpaired) electrons. The molecule has 2 heterocycles. The summed E-state index contributed by atoms with van der Waals surface area (Å²) in [5, 5.41) is 0. The molecule has 1 aliphatic heterocycles. The van der Waals surface area contributed by atoms with Crippen molar-refractivity contribution in [3.8, 4) is 0 Å². The van der Waals surface area contributed by atoms with E-state index in [-0.39, 0.29) is 17.7 Å². The van der Waals surface area contributed by atoms with Crippen molar-refractivity contribution in [3.05, 3.63) is 56.8 Å². The van der Waals surface area contributed by atoms with Gasteiger partial charge in [-0.05, 0) is 48.9 Å². The molecule has 4 rings (SSSR count). The van der Waals surface area contributed by atoms with Gasteiger partial charge in [-0.15, -0.1) is 11.3 Å². The second kappa shape index (κ2) is 7.96. The minimum absolute atomic E-state index is 0.262. The number of carbonyl (C=O) groups is 3. The average Bonchev–Trinajstić information content (AvgIpc) is 3.26. The summed E-state index contributed by atoms with van der Waals surface area (Å²) in [4.78, 5) is 39.6. The van der Waals surface area contributed by atoms with Crippen LogP contribution in [0, 0.1) is 5.92 Å². The van der Waals surface area contributed by atoms with E-state index in [0.29, 0.717) is 10.8 Å². The first-order chi connectivity index (χ1) is 14.3. The highest BCUT2D eigenvalue weighted by Gasteiger charge is 2.35. The molecular weight excluding hydrogens is 424 g/mol. The number of imide groups is 1. The monoisotopic (exact) mass is 446 g/mol. The Labute approximate surface area is 179 Å². The highest BCUT2D eigenvalue weighted by Crippen LogP contribution is 2.33. The Morgan fingerprint density at radius 2 is 1.87 bits per heavy atom. The lowest BCUT2D eigenvalue weighted by atomic mass is 9.87. The van der Waals surface area contributed by atoms with Gasteiger partial charge in [0.1, 0.15) is 0 Å². The van der Waals surface area contributed by atoms with E-state index >= 15 is 0 Å². The summed E-state index contributed by atoms with van der Waals surface area (Å²) in [6.07, 6.45) is 4.01. The van der Waals surface area contributed by atoms with Crippen molar-refractivity contribution in [1.82, 2.24) is 9.62 Å². The van der Waals surface area contributed by atoms with Crippen LogP contribution in [-0.2, 0) is 22.9 Å². The maximum atomic E-state index is 12.5. The molecule has 0 saturated carbocycles. The van der Waals surface area contributed by atoms with Crippen LogP contribution in [0.5, 0.6) is 0 Å². The third-order valence-electron chi connectivity index (χ3n) is 5.70. The summed E-state index contributed by atoms with van der Waals surface area (Å²) in [6, 6.07) is 8.15. The van der Waals surface area contributed by atoms with Crippen molar-refractivity contribution in [3.63, 3.8) is 0 Å². The minimum Gasteiger partial charge on any atom is -0.273 e. The molecule has 1 aromatic carbocycles. The minimum atomic E-state index is -4.01. The molecule has 2 aliphatic rings. The van der Waals surface area contributed by atoms with E-state index in [1.165, 1.54) is 23.5 Å². The fourth-order valence-electron chi connectivity index (χ4n) is 3.96. The van der Waals surface area contributed by atoms with E-state index in [4.69, 9.17) is 0 Å². The smallest absolute Gasteiger partial charge is 0.273 e. The van der Waals surface area contributed by atoms with Crippen molar-refractivity contribution >= 4 is 39.1 Å². The summed E-state index contributed by atoms with van der Waals surface area (Å²) in [6.45, 7) is 1.84. The highest BCUT2D eigenvalue weighted by atomic mass is 32.2. The number of carbonyl (C=O) groups excluding carboxylic acids is 3. The number of fused-ring (bicyclic) bond motifs is 2. The van der Waals surface area contributed by atoms with Gasteiger partial charge in [-0.2, -0.15) is 0 Å². The van der Waals surface area contributed by atoms with Crippen LogP contribution < -0.4 is 4.72 Å². The fourth-order valence-corrected chi connectivity index (χ4v) is 6.04. The third kappa shape index (κ3) is 3.91. The lowest BCUT2D eigenvalue weighted by Crippen LogP contribution is -2.39. The average molecular weight is 447 g/mol. The molecule has 0 spiro atoms. The first kappa shape index (κ1) is 20.7. The van der Waals surface area contributed by atoms with Crippen molar-refractivity contribution in [2.75, 3.05) is 12.3 Å². The summed E-state index contributed by atoms with van der Waals surface area (Å²) >= 11 is 1.34. The molecule has 1 atom stereocenters. The van der Waals surface area contributed by atoms with E-state index in [2.05, 4.69) is 11.6 Å². The maximum absolute atomic E-state index is 12.5. The number of benzene rings is 1. The quantitative estimate of drug-likeness (QED) is 0.688. The van der Waals surface area contributed by atoms with Crippen LogP contribution in [0.4, 0.5) is 0 Å². The Hall–Kier alpha value is -2.52. The largest absolute Gasteiger partial charge is 0.274 e. The number of nitrogens with one attached hydrogen (secondary N) is 1. The summed E-state index contributed by atoms with van der Waals surface area (Å²) < 4.78 is 26.9. The van der Waals surface area contributed by atoms with Crippen LogP contribution in [0.25, 0.3) is 0 Å². The third-order valence-corrected chi connectivity index (χ3v) is 8.15. The number of sulfonamides is 1. The van der Waals surface area contributed by atoms with Gasteiger partial charge in [-0.1, -0.05) is 25.5 Å². The number of hydrogen-bond donors (Lipinski definition) is 1. The van der Waals surface area contributed by atoms with E-state index in [9.17, 15) is 22.8 Å². The fraction of sp³-hybridized carbons (Fsp3) is 0.381. The van der Waals surface area contributed by atoms with Crippen LogP contribution in [0.2, 0.25) is 0 Å². The zero-order valence-electron chi connectivity index (χ0n) is 16.5. The Kier molecular flexibility index (Phi) is 5.50. The van der Waals surface area contributed by atoms with Crippen LogP contribution in [0.3, 0.4) is 0 Å². The Morgan fingerprint density at radius 3 is 2.50 bits per heavy atom. The lowest BCUT2D eigenvalue weighted by Gasteiger charge is -2.19. The van der Waals surface area contributed by atoms with Crippen molar-refractivity contribution < 1.29 is 22.8 Å². The molecule has 9 heteroatoms. The van der Waals surface area contributed by atoms with E-state index < -0.39 is 33.5 Å². The molecule has 1 unspecified atom stereocenters. The van der Waals surface area contributed by atoms with Crippen LogP contribution in [-0.4, -0.2) is 43.3 Å². The zero-order chi connectivity index (χ0) is 21.5. The molecule has 158 valence electrons. The second-order valence-electron chi connectivity index (χ2n) is 7.63. The summed E-state index contributed by atoms with van der Waals surface area (Å²) in [5.41, 5.74) is 1.66. The van der Waals surface area contributed by atoms with Crippen molar-refractivity contribution in [2.24, 2.45) is 5.92 Å². The number of hydrogen-bond acceptors (Lipinski definition) is 6. The van der Waals surface area contributed by atoms with Gasteiger partial charge in [0.25, 0.3) is 17.7 Å². The number of rotatable bonds is 6. The molecule has 1 aliphatic carbocycles. The molecule has 3 amide bonds. The molecule has 0 saturated heterocycles. The molecule has 7 nitrogen and oxygen atoms in total. The van der Waals surface area contributed by atoms with E-state index in [0.717, 1.165) is 41.0 Å². The predicted molar refractivity (Wildman–Crippen MR) is 113 cm³/mol. The molecule has 30 heavy (non-hydrogen) atoms. The normalized spacial score (nSPS) is 18.3. The number of thiophene rings is 1. The molecule has 2 aromatic rings. The SMILES string of the molecule is CCC1CCc2sc(C(=O)NS(=O)(=O)CCN3C(=O)c4ccccc4C3=O)cc2C1. The molecule has 0 fully saturated rings. The highest BCUT2D eigenvalue weighted by molar-refractivity contribution is 7.90. The van der Waals surface area contributed by atoms with E-state index in [1.54, 1.807) is 18.2 Å². The Balaban J connectivity index is 1.40. The first-order valence-corrected chi connectivity index (χ1v) is 12.4. The van der Waals surface area contributed by atoms with Gasteiger partial charge in [0, 0.05) is 11.4 Å². The van der Waals surface area contributed by atoms with Gasteiger partial charge in [0.2, 0.25) is 10.0 Å². The van der Waals surface area contributed by atoms with Crippen LogP contribution in [0.1, 0.15) is 60.6 Å². The summed E-state index contributed by atoms with van der Waals surface area (Å²) in [7, 11) is -4.01. The number of aryl methyl sites for hydroxylation is 1. The van der Waals surface area contributed by atoms with Crippen LogP contribution in [0.15, 0.2) is 30.3 Å². The van der Waals surface area contributed by atoms with Gasteiger partial charge in [-0.3, -0.25) is 19.3 Å². The van der Waals surface area contributed by atoms with Crippen molar-refractivity contribution in [2.45, 2.75) is 32.6 Å². The van der Waals surface area contributed by atoms with Gasteiger partial charge in [0.15, 0.2) is 0 Å². The van der Waals surface area contributed by atoms with Gasteiger partial charge in [-0.25, -0.2) is 13.1 Å². The Bertz CT molecular complexity index is 1100. The molecule has 0 bridgehead atoms. The zero-order valence-corrected chi connectivity index (χ0v) is 18.1. The second-order valence-corrected chi connectivity index (χ2v) is 10.6. The van der Waals surface area contributed by atoms with E-state index in [1.807, 2.05) is 0 Å². The van der Waals surface area contributed by atoms with Gasteiger partial charge < -0.3 is 0 Å². The van der Waals surface area contributed by atoms with Crippen molar-refractivity contribution in [1.29, 1.82) is 0 Å². The molecular formula is C21H22N2O5S2. The molecule has 1 aromatic heterocycles. The maximum Gasteiger partial charge on any atom is 0.274 e. The standard InChI is InChI=1S/C21H22N2O5S2/c1-2-13-7-8-17-14(11-13)12-18(29-17)19(24)22-30(27,28)10-9-23-20(25)15-5-3-4-6-16(15)21(23)26/h3-6,12-13H,2,7-11H2,1H3,(H,22,24). The molecule has 1 N–H and O–H groups in total. The van der Waals surface area contributed by atoms with Gasteiger partial charge >= 0.3 is 0 Å². The first-order valence-electron chi connectivity index (χ1n) is 9.90. The van der Waals surface area contributed by atoms with Gasteiger partial charge in [0.05, 0.1) is 21.8 Å². The number of nitrogens with zero attached hydrogens (tertiary/aromatic N) is 1. The Morgan fingerprint density at radius 1 is 1.20 bits per heavy atom.